The Kier molecular flexibility index (Phi) is 5.00. The molecule has 0 aromatic heterocycles. The van der Waals surface area contributed by atoms with Gasteiger partial charge in [-0.1, -0.05) is 18.2 Å². The molecule has 0 aliphatic rings. The van der Waals surface area contributed by atoms with Gasteiger partial charge in [0.2, 0.25) is 10.0 Å². The SMILES string of the molecule is CNS(=O)(=O)c1cc(NC(=O)c2ccccc2Br)ccc1C. The maximum Gasteiger partial charge on any atom is 0.256 e. The molecule has 2 aromatic carbocycles. The van der Waals surface area contributed by atoms with Crippen molar-refractivity contribution < 1.29 is 13.2 Å². The number of nitrogens with one attached hydrogen (secondary N) is 2. The van der Waals surface area contributed by atoms with Crippen LogP contribution in [-0.2, 0) is 10.0 Å². The number of halogens is 1. The third-order valence-electron chi connectivity index (χ3n) is 3.12. The number of anilines is 1. The summed E-state index contributed by atoms with van der Waals surface area (Å²) in [6.07, 6.45) is 0. The third-order valence-corrected chi connectivity index (χ3v) is 5.37. The van der Waals surface area contributed by atoms with Crippen molar-refractivity contribution in [2.75, 3.05) is 12.4 Å². The first-order chi connectivity index (χ1) is 10.3. The lowest BCUT2D eigenvalue weighted by Gasteiger charge is -2.11. The third kappa shape index (κ3) is 3.55. The first kappa shape index (κ1) is 16.7. The Morgan fingerprint density at radius 3 is 2.45 bits per heavy atom. The maximum absolute atomic E-state index is 12.2. The average Bonchev–Trinajstić information content (AvgIpc) is 2.49. The van der Waals surface area contributed by atoms with Crippen molar-refractivity contribution >= 4 is 37.5 Å². The molecular formula is C15H15BrN2O3S. The number of rotatable bonds is 4. The lowest BCUT2D eigenvalue weighted by Crippen LogP contribution is -2.20. The fourth-order valence-corrected chi connectivity index (χ4v) is 3.38. The van der Waals surface area contributed by atoms with Crippen LogP contribution in [-0.4, -0.2) is 21.4 Å². The first-order valence-corrected chi connectivity index (χ1v) is 8.73. The summed E-state index contributed by atoms with van der Waals surface area (Å²) in [5, 5.41) is 2.70. The number of hydrogen-bond donors (Lipinski definition) is 2. The second-order valence-electron chi connectivity index (χ2n) is 4.62. The van der Waals surface area contributed by atoms with E-state index in [1.807, 2.05) is 6.07 Å². The largest absolute Gasteiger partial charge is 0.322 e. The molecular weight excluding hydrogens is 368 g/mol. The topological polar surface area (TPSA) is 75.3 Å². The average molecular weight is 383 g/mol. The molecule has 7 heteroatoms. The van der Waals surface area contributed by atoms with Crippen LogP contribution < -0.4 is 10.0 Å². The molecule has 0 bridgehead atoms. The van der Waals surface area contributed by atoms with Gasteiger partial charge in [-0.05, 0) is 59.7 Å². The number of hydrogen-bond acceptors (Lipinski definition) is 3. The Morgan fingerprint density at radius 2 is 1.82 bits per heavy atom. The van der Waals surface area contributed by atoms with Crippen LogP contribution in [0.1, 0.15) is 15.9 Å². The van der Waals surface area contributed by atoms with Gasteiger partial charge in [0, 0.05) is 10.2 Å². The summed E-state index contributed by atoms with van der Waals surface area (Å²) in [7, 11) is -2.22. The van der Waals surface area contributed by atoms with Gasteiger partial charge in [-0.25, -0.2) is 13.1 Å². The van der Waals surface area contributed by atoms with Crippen molar-refractivity contribution in [3.8, 4) is 0 Å². The van der Waals surface area contributed by atoms with Crippen LogP contribution in [0.3, 0.4) is 0 Å². The fourth-order valence-electron chi connectivity index (χ4n) is 1.92. The van der Waals surface area contributed by atoms with E-state index in [-0.39, 0.29) is 10.8 Å². The Morgan fingerprint density at radius 1 is 1.14 bits per heavy atom. The Hall–Kier alpha value is -1.70. The highest BCUT2D eigenvalue weighted by molar-refractivity contribution is 9.10. The number of benzene rings is 2. The quantitative estimate of drug-likeness (QED) is 0.853. The Bertz CT molecular complexity index is 819. The molecule has 0 saturated carbocycles. The minimum absolute atomic E-state index is 0.139. The summed E-state index contributed by atoms with van der Waals surface area (Å²) in [5.74, 6) is -0.316. The molecule has 0 unspecified atom stereocenters. The maximum atomic E-state index is 12.2. The van der Waals surface area contributed by atoms with E-state index >= 15 is 0 Å². The molecule has 116 valence electrons. The molecule has 0 aliphatic carbocycles. The van der Waals surface area contributed by atoms with Gasteiger partial charge in [0.05, 0.1) is 10.5 Å². The van der Waals surface area contributed by atoms with Gasteiger partial charge < -0.3 is 5.32 Å². The van der Waals surface area contributed by atoms with Crippen LogP contribution in [0.4, 0.5) is 5.69 Å². The van der Waals surface area contributed by atoms with E-state index in [0.717, 1.165) is 0 Å². The molecule has 1 amide bonds. The first-order valence-electron chi connectivity index (χ1n) is 6.45. The summed E-state index contributed by atoms with van der Waals surface area (Å²) in [5.41, 5.74) is 1.49. The van der Waals surface area contributed by atoms with E-state index in [4.69, 9.17) is 0 Å². The second kappa shape index (κ2) is 6.60. The number of amides is 1. The van der Waals surface area contributed by atoms with Gasteiger partial charge in [-0.3, -0.25) is 4.79 Å². The monoisotopic (exact) mass is 382 g/mol. The minimum atomic E-state index is -3.57. The number of aryl methyl sites for hydroxylation is 1. The van der Waals surface area contributed by atoms with Crippen molar-refractivity contribution in [2.24, 2.45) is 0 Å². The molecule has 0 saturated heterocycles. The zero-order valence-corrected chi connectivity index (χ0v) is 14.5. The van der Waals surface area contributed by atoms with Gasteiger partial charge >= 0.3 is 0 Å². The molecule has 5 nitrogen and oxygen atoms in total. The minimum Gasteiger partial charge on any atom is -0.322 e. The molecule has 0 heterocycles. The molecule has 0 fully saturated rings. The molecule has 2 rings (SSSR count). The normalized spacial score (nSPS) is 11.2. The summed E-state index contributed by atoms with van der Waals surface area (Å²) in [6, 6.07) is 11.8. The number of sulfonamides is 1. The lowest BCUT2D eigenvalue weighted by molar-refractivity contribution is 0.102. The molecule has 22 heavy (non-hydrogen) atoms. The smallest absolute Gasteiger partial charge is 0.256 e. The predicted octanol–water partition coefficient (Wildman–Crippen LogP) is 2.92. The van der Waals surface area contributed by atoms with Crippen molar-refractivity contribution in [2.45, 2.75) is 11.8 Å². The Balaban J connectivity index is 2.34. The van der Waals surface area contributed by atoms with Crippen LogP contribution >= 0.6 is 15.9 Å². The molecule has 0 radical (unpaired) electrons. The van der Waals surface area contributed by atoms with Crippen molar-refractivity contribution in [1.82, 2.24) is 4.72 Å². The van der Waals surface area contributed by atoms with Crippen LogP contribution in [0, 0.1) is 6.92 Å². The van der Waals surface area contributed by atoms with Crippen LogP contribution in [0.15, 0.2) is 51.8 Å². The van der Waals surface area contributed by atoms with Crippen molar-refractivity contribution in [3.05, 3.63) is 58.1 Å². The predicted molar refractivity (Wildman–Crippen MR) is 89.5 cm³/mol. The van der Waals surface area contributed by atoms with Gasteiger partial charge in [-0.15, -0.1) is 0 Å². The number of carbonyl (C=O) groups excluding carboxylic acids is 1. The molecule has 2 N–H and O–H groups in total. The van der Waals surface area contributed by atoms with E-state index in [9.17, 15) is 13.2 Å². The summed E-state index contributed by atoms with van der Waals surface area (Å²) in [4.78, 5) is 12.4. The molecule has 0 spiro atoms. The fraction of sp³-hybridized carbons (Fsp3) is 0.133. The van der Waals surface area contributed by atoms with Gasteiger partial charge in [0.1, 0.15) is 0 Å². The molecule has 0 aliphatic heterocycles. The van der Waals surface area contributed by atoms with E-state index in [0.29, 0.717) is 21.3 Å². The highest BCUT2D eigenvalue weighted by Crippen LogP contribution is 2.22. The van der Waals surface area contributed by atoms with Gasteiger partial charge in [0.25, 0.3) is 5.91 Å². The van der Waals surface area contributed by atoms with Crippen molar-refractivity contribution in [3.63, 3.8) is 0 Å². The Labute approximate surface area is 137 Å². The van der Waals surface area contributed by atoms with E-state index in [1.165, 1.54) is 13.1 Å². The molecule has 0 atom stereocenters. The van der Waals surface area contributed by atoms with E-state index in [1.54, 1.807) is 37.3 Å². The number of carbonyl (C=O) groups is 1. The van der Waals surface area contributed by atoms with Crippen LogP contribution in [0.5, 0.6) is 0 Å². The van der Waals surface area contributed by atoms with E-state index < -0.39 is 10.0 Å². The second-order valence-corrected chi connectivity index (χ2v) is 7.33. The summed E-state index contributed by atoms with van der Waals surface area (Å²) in [6.45, 7) is 1.70. The summed E-state index contributed by atoms with van der Waals surface area (Å²) >= 11 is 3.31. The van der Waals surface area contributed by atoms with Crippen molar-refractivity contribution in [1.29, 1.82) is 0 Å². The zero-order valence-electron chi connectivity index (χ0n) is 12.1. The van der Waals surface area contributed by atoms with Gasteiger partial charge in [-0.2, -0.15) is 0 Å². The summed E-state index contributed by atoms with van der Waals surface area (Å²) < 4.78 is 26.8. The van der Waals surface area contributed by atoms with Gasteiger partial charge in [0.15, 0.2) is 0 Å². The highest BCUT2D eigenvalue weighted by Gasteiger charge is 2.16. The molecule has 2 aromatic rings. The highest BCUT2D eigenvalue weighted by atomic mass is 79.9. The zero-order chi connectivity index (χ0) is 16.3. The van der Waals surface area contributed by atoms with Crippen LogP contribution in [0.2, 0.25) is 0 Å². The standard InChI is InChI=1S/C15H15BrN2O3S/c1-10-7-8-11(9-14(10)22(20,21)17-2)18-15(19)12-5-3-4-6-13(12)16/h3-9,17H,1-2H3,(H,18,19). The van der Waals surface area contributed by atoms with Crippen LogP contribution in [0.25, 0.3) is 0 Å². The lowest BCUT2D eigenvalue weighted by atomic mass is 10.2. The van der Waals surface area contributed by atoms with E-state index in [2.05, 4.69) is 26.0 Å².